The lowest BCUT2D eigenvalue weighted by Gasteiger charge is -2.29. The maximum absolute atomic E-state index is 5.41. The molecule has 2 rings (SSSR count). The van der Waals surface area contributed by atoms with Crippen molar-refractivity contribution in [3.8, 4) is 5.75 Å². The van der Waals surface area contributed by atoms with Gasteiger partial charge in [-0.3, -0.25) is 9.89 Å². The zero-order chi connectivity index (χ0) is 19.5. The quantitative estimate of drug-likeness (QED) is 0.512. The Morgan fingerprint density at radius 2 is 1.89 bits per heavy atom. The average molecular weight is 377 g/mol. The monoisotopic (exact) mass is 376 g/mol. The van der Waals surface area contributed by atoms with Crippen LogP contribution in [-0.2, 0) is 4.74 Å². The van der Waals surface area contributed by atoms with E-state index in [0.29, 0.717) is 11.8 Å². The van der Waals surface area contributed by atoms with Crippen LogP contribution in [0.1, 0.15) is 31.7 Å². The normalized spacial score (nSPS) is 18.0. The molecule has 1 aliphatic heterocycles. The van der Waals surface area contributed by atoms with Crippen LogP contribution in [0.15, 0.2) is 29.3 Å². The van der Waals surface area contributed by atoms with Crippen molar-refractivity contribution < 1.29 is 9.47 Å². The van der Waals surface area contributed by atoms with E-state index in [-0.39, 0.29) is 0 Å². The van der Waals surface area contributed by atoms with Gasteiger partial charge < -0.3 is 20.1 Å². The van der Waals surface area contributed by atoms with Crippen molar-refractivity contribution in [3.05, 3.63) is 29.8 Å². The number of methoxy groups -OCH3 is 1. The van der Waals surface area contributed by atoms with Gasteiger partial charge in [0.05, 0.1) is 20.3 Å². The van der Waals surface area contributed by atoms with Crippen LogP contribution in [0.3, 0.4) is 0 Å². The lowest BCUT2D eigenvalue weighted by molar-refractivity contribution is 0.0320. The summed E-state index contributed by atoms with van der Waals surface area (Å²) in [4.78, 5) is 6.82. The number of nitrogens with one attached hydrogen (secondary N) is 2. The Hall–Kier alpha value is -1.79. The fourth-order valence-electron chi connectivity index (χ4n) is 3.29. The second-order valence-corrected chi connectivity index (χ2v) is 7.36. The molecule has 6 heteroatoms. The van der Waals surface area contributed by atoms with Gasteiger partial charge in [-0.25, -0.2) is 0 Å². The first kappa shape index (κ1) is 21.5. The topological polar surface area (TPSA) is 58.1 Å². The molecule has 2 unspecified atom stereocenters. The second kappa shape index (κ2) is 11.8. The highest BCUT2D eigenvalue weighted by Gasteiger charge is 2.14. The van der Waals surface area contributed by atoms with Gasteiger partial charge in [0, 0.05) is 39.8 Å². The van der Waals surface area contributed by atoms with Crippen molar-refractivity contribution in [2.75, 3.05) is 60.1 Å². The minimum Gasteiger partial charge on any atom is -0.497 e. The largest absolute Gasteiger partial charge is 0.497 e. The first-order chi connectivity index (χ1) is 13.1. The zero-order valence-electron chi connectivity index (χ0n) is 17.3. The molecular formula is C21H36N4O2. The molecule has 1 aromatic rings. The molecule has 1 fully saturated rings. The summed E-state index contributed by atoms with van der Waals surface area (Å²) in [5, 5.41) is 6.88. The summed E-state index contributed by atoms with van der Waals surface area (Å²) in [6.45, 7) is 11.2. The lowest BCUT2D eigenvalue weighted by Crippen LogP contribution is -2.44. The Balaban J connectivity index is 1.65. The van der Waals surface area contributed by atoms with Crippen LogP contribution in [-0.4, -0.2) is 71.0 Å². The van der Waals surface area contributed by atoms with E-state index in [1.165, 1.54) is 5.56 Å². The van der Waals surface area contributed by atoms with Crippen molar-refractivity contribution >= 4 is 5.96 Å². The predicted octanol–water partition coefficient (Wildman–Crippen LogP) is 2.32. The van der Waals surface area contributed by atoms with E-state index in [2.05, 4.69) is 46.5 Å². The molecule has 2 N–H and O–H groups in total. The van der Waals surface area contributed by atoms with Gasteiger partial charge in [0.2, 0.25) is 0 Å². The third-order valence-electron chi connectivity index (χ3n) is 5.07. The summed E-state index contributed by atoms with van der Waals surface area (Å²) >= 11 is 0. The summed E-state index contributed by atoms with van der Waals surface area (Å²) in [5.41, 5.74) is 1.33. The number of aliphatic imine (C=N–C) groups is 1. The SMILES string of the molecule is CN=C(NCCC(C)c1ccc(OC)cc1)NCC(C)CN1CCOCC1. The minimum absolute atomic E-state index is 0.488. The summed E-state index contributed by atoms with van der Waals surface area (Å²) < 4.78 is 10.6. The Labute approximate surface area is 164 Å². The number of ether oxygens (including phenoxy) is 2. The van der Waals surface area contributed by atoms with Crippen LogP contribution in [0.2, 0.25) is 0 Å². The van der Waals surface area contributed by atoms with Crippen molar-refractivity contribution in [2.45, 2.75) is 26.2 Å². The predicted molar refractivity (Wildman–Crippen MR) is 112 cm³/mol. The highest BCUT2D eigenvalue weighted by Crippen LogP contribution is 2.21. The van der Waals surface area contributed by atoms with Crippen LogP contribution in [0.5, 0.6) is 5.75 Å². The number of hydrogen-bond donors (Lipinski definition) is 2. The Morgan fingerprint density at radius 3 is 2.52 bits per heavy atom. The third kappa shape index (κ3) is 7.77. The molecule has 1 saturated heterocycles. The molecule has 27 heavy (non-hydrogen) atoms. The molecule has 0 bridgehead atoms. The van der Waals surface area contributed by atoms with Gasteiger partial charge in [-0.1, -0.05) is 26.0 Å². The Kier molecular flexibility index (Phi) is 9.42. The van der Waals surface area contributed by atoms with E-state index in [0.717, 1.165) is 64.1 Å². The lowest BCUT2D eigenvalue weighted by atomic mass is 9.98. The summed E-state index contributed by atoms with van der Waals surface area (Å²) in [6, 6.07) is 8.33. The number of rotatable bonds is 9. The average Bonchev–Trinajstić information content (AvgIpc) is 2.71. The zero-order valence-corrected chi connectivity index (χ0v) is 17.3. The van der Waals surface area contributed by atoms with Crippen LogP contribution < -0.4 is 15.4 Å². The number of morpholine rings is 1. The Bertz CT molecular complexity index is 556. The number of benzene rings is 1. The van der Waals surface area contributed by atoms with Gasteiger partial charge in [-0.15, -0.1) is 0 Å². The van der Waals surface area contributed by atoms with Crippen molar-refractivity contribution in [1.82, 2.24) is 15.5 Å². The fraction of sp³-hybridized carbons (Fsp3) is 0.667. The molecule has 0 aliphatic carbocycles. The van der Waals surface area contributed by atoms with Gasteiger partial charge >= 0.3 is 0 Å². The van der Waals surface area contributed by atoms with E-state index in [9.17, 15) is 0 Å². The third-order valence-corrected chi connectivity index (χ3v) is 5.07. The van der Waals surface area contributed by atoms with Crippen LogP contribution >= 0.6 is 0 Å². The maximum atomic E-state index is 5.41. The molecule has 0 saturated carbocycles. The number of hydrogen-bond acceptors (Lipinski definition) is 4. The second-order valence-electron chi connectivity index (χ2n) is 7.36. The number of nitrogens with zero attached hydrogens (tertiary/aromatic N) is 2. The fourth-order valence-corrected chi connectivity index (χ4v) is 3.29. The standard InChI is InChI=1S/C21H36N4O2/c1-17(16-25-11-13-27-14-12-25)15-24-21(22-3)23-10-9-18(2)19-5-7-20(26-4)8-6-19/h5-8,17-18H,9-16H2,1-4H3,(H2,22,23,24). The van der Waals surface area contributed by atoms with E-state index < -0.39 is 0 Å². The van der Waals surface area contributed by atoms with E-state index in [1.807, 2.05) is 19.2 Å². The van der Waals surface area contributed by atoms with Gasteiger partial charge in [-0.05, 0) is 36.0 Å². The molecule has 1 aromatic carbocycles. The molecule has 6 nitrogen and oxygen atoms in total. The highest BCUT2D eigenvalue weighted by molar-refractivity contribution is 5.79. The molecule has 1 heterocycles. The van der Waals surface area contributed by atoms with Crippen molar-refractivity contribution in [3.63, 3.8) is 0 Å². The first-order valence-electron chi connectivity index (χ1n) is 10.0. The van der Waals surface area contributed by atoms with Gasteiger partial charge in [0.15, 0.2) is 5.96 Å². The van der Waals surface area contributed by atoms with Crippen LogP contribution in [0.4, 0.5) is 0 Å². The van der Waals surface area contributed by atoms with E-state index >= 15 is 0 Å². The molecule has 1 aliphatic rings. The highest BCUT2D eigenvalue weighted by atomic mass is 16.5. The van der Waals surface area contributed by atoms with Gasteiger partial charge in [0.1, 0.15) is 5.75 Å². The summed E-state index contributed by atoms with van der Waals surface area (Å²) in [7, 11) is 3.53. The number of guanidine groups is 1. The maximum Gasteiger partial charge on any atom is 0.190 e. The van der Waals surface area contributed by atoms with Crippen molar-refractivity contribution in [2.24, 2.45) is 10.9 Å². The van der Waals surface area contributed by atoms with Crippen LogP contribution in [0.25, 0.3) is 0 Å². The molecule has 152 valence electrons. The Morgan fingerprint density at radius 1 is 1.19 bits per heavy atom. The molecule has 0 aromatic heterocycles. The molecule has 0 amide bonds. The summed E-state index contributed by atoms with van der Waals surface area (Å²) in [6.07, 6.45) is 1.05. The van der Waals surface area contributed by atoms with Crippen LogP contribution in [0, 0.1) is 5.92 Å². The van der Waals surface area contributed by atoms with Gasteiger partial charge in [0.25, 0.3) is 0 Å². The van der Waals surface area contributed by atoms with Gasteiger partial charge in [-0.2, -0.15) is 0 Å². The smallest absolute Gasteiger partial charge is 0.190 e. The molecule has 0 radical (unpaired) electrons. The molecule has 2 atom stereocenters. The van der Waals surface area contributed by atoms with E-state index in [4.69, 9.17) is 9.47 Å². The molecular weight excluding hydrogens is 340 g/mol. The van der Waals surface area contributed by atoms with E-state index in [1.54, 1.807) is 7.11 Å². The minimum atomic E-state index is 0.488. The first-order valence-corrected chi connectivity index (χ1v) is 10.0. The van der Waals surface area contributed by atoms with Crippen molar-refractivity contribution in [1.29, 1.82) is 0 Å². The summed E-state index contributed by atoms with van der Waals surface area (Å²) in [5.74, 6) is 2.84. The molecule has 0 spiro atoms.